The Morgan fingerprint density at radius 2 is 1.67 bits per heavy atom. The Kier molecular flexibility index (Phi) is 10.8. The number of sulfonamides is 1. The van der Waals surface area contributed by atoms with Crippen LogP contribution in [0.25, 0.3) is 0 Å². The molecule has 9 heteroatoms. The normalized spacial score (nSPS) is 12.3. The van der Waals surface area contributed by atoms with Gasteiger partial charge >= 0.3 is 0 Å². The number of amides is 2. The predicted octanol–water partition coefficient (Wildman–Crippen LogP) is 4.84. The van der Waals surface area contributed by atoms with Crippen molar-refractivity contribution in [1.29, 1.82) is 0 Å². The lowest BCUT2D eigenvalue weighted by Gasteiger charge is -2.31. The van der Waals surface area contributed by atoms with Crippen LogP contribution in [0, 0.1) is 13.8 Å². The molecule has 0 radical (unpaired) electrons. The van der Waals surface area contributed by atoms with E-state index in [4.69, 9.17) is 11.6 Å². The topological polar surface area (TPSA) is 86.8 Å². The molecular weight excluding hydrogens is 498 g/mol. The maximum Gasteiger partial charge on any atom is 0.243 e. The van der Waals surface area contributed by atoms with Gasteiger partial charge in [-0.15, -0.1) is 0 Å². The van der Waals surface area contributed by atoms with E-state index in [-0.39, 0.29) is 37.4 Å². The maximum atomic E-state index is 13.4. The Balaban J connectivity index is 2.22. The minimum atomic E-state index is -3.53. The Morgan fingerprint density at radius 3 is 2.19 bits per heavy atom. The van der Waals surface area contributed by atoms with Crippen molar-refractivity contribution in [3.8, 4) is 0 Å². The van der Waals surface area contributed by atoms with E-state index in [1.54, 1.807) is 23.1 Å². The second kappa shape index (κ2) is 13.1. The molecule has 1 atom stereocenters. The summed E-state index contributed by atoms with van der Waals surface area (Å²) >= 11 is 6.01. The predicted molar refractivity (Wildman–Crippen MR) is 147 cm³/mol. The van der Waals surface area contributed by atoms with Gasteiger partial charge in [-0.1, -0.05) is 36.7 Å². The van der Waals surface area contributed by atoms with E-state index in [1.807, 2.05) is 58.9 Å². The van der Waals surface area contributed by atoms with Crippen molar-refractivity contribution in [1.82, 2.24) is 10.2 Å². The Hall–Kier alpha value is -2.58. The summed E-state index contributed by atoms with van der Waals surface area (Å²) in [5.74, 6) is -0.410. The van der Waals surface area contributed by atoms with Gasteiger partial charge in [0.15, 0.2) is 0 Å². The monoisotopic (exact) mass is 535 g/mol. The number of aryl methyl sites for hydroxylation is 2. The highest BCUT2D eigenvalue weighted by atomic mass is 35.5. The number of carbonyl (C=O) groups is 2. The van der Waals surface area contributed by atoms with E-state index in [2.05, 4.69) is 5.32 Å². The largest absolute Gasteiger partial charge is 0.352 e. The Labute approximate surface area is 220 Å². The highest BCUT2D eigenvalue weighted by Crippen LogP contribution is 2.22. The van der Waals surface area contributed by atoms with Crippen LogP contribution in [0.5, 0.6) is 0 Å². The van der Waals surface area contributed by atoms with E-state index < -0.39 is 16.1 Å². The van der Waals surface area contributed by atoms with Crippen LogP contribution >= 0.6 is 11.6 Å². The van der Waals surface area contributed by atoms with Crippen LogP contribution in [0.4, 0.5) is 5.69 Å². The van der Waals surface area contributed by atoms with Gasteiger partial charge in [0.1, 0.15) is 6.04 Å². The average Bonchev–Trinajstić information content (AvgIpc) is 2.78. The lowest BCUT2D eigenvalue weighted by Crippen LogP contribution is -2.50. The van der Waals surface area contributed by atoms with Gasteiger partial charge < -0.3 is 10.2 Å². The molecule has 198 valence electrons. The van der Waals surface area contributed by atoms with Crippen LogP contribution in [-0.2, 0) is 26.2 Å². The fourth-order valence-corrected chi connectivity index (χ4v) is 5.05. The fourth-order valence-electron chi connectivity index (χ4n) is 3.97. The molecule has 0 aliphatic rings. The highest BCUT2D eigenvalue weighted by molar-refractivity contribution is 7.92. The van der Waals surface area contributed by atoms with Crippen molar-refractivity contribution in [3.63, 3.8) is 0 Å². The summed E-state index contributed by atoms with van der Waals surface area (Å²) in [5.41, 5.74) is 3.50. The standard InChI is InChI=1S/C27H38ClN3O4S/c1-7-25(27(33)29-19(2)3)30(18-22-11-13-23(28)14-12-22)26(32)9-8-16-31(36(6,34)35)24-15-10-20(4)21(5)17-24/h10-15,17,19,25H,7-9,16,18H2,1-6H3,(H,29,33)/t25-/m1/s1. The summed E-state index contributed by atoms with van der Waals surface area (Å²) in [6.45, 7) is 9.95. The first-order valence-corrected chi connectivity index (χ1v) is 14.4. The van der Waals surface area contributed by atoms with Crippen LogP contribution in [0.15, 0.2) is 42.5 Å². The van der Waals surface area contributed by atoms with Crippen molar-refractivity contribution in [3.05, 3.63) is 64.2 Å². The fraction of sp³-hybridized carbons (Fsp3) is 0.481. The SMILES string of the molecule is CC[C@H](C(=O)NC(C)C)N(Cc1ccc(Cl)cc1)C(=O)CCCN(c1ccc(C)c(C)c1)S(C)(=O)=O. The van der Waals surface area contributed by atoms with Crippen LogP contribution in [-0.4, -0.2) is 50.0 Å². The molecule has 2 rings (SSSR count). The molecule has 2 amide bonds. The van der Waals surface area contributed by atoms with Crippen molar-refractivity contribution >= 4 is 39.1 Å². The molecule has 2 aromatic rings. The van der Waals surface area contributed by atoms with E-state index >= 15 is 0 Å². The smallest absolute Gasteiger partial charge is 0.243 e. The first-order chi connectivity index (χ1) is 16.8. The molecule has 0 fully saturated rings. The van der Waals surface area contributed by atoms with Crippen LogP contribution in [0.1, 0.15) is 56.7 Å². The van der Waals surface area contributed by atoms with E-state index in [0.717, 1.165) is 16.7 Å². The molecule has 36 heavy (non-hydrogen) atoms. The van der Waals surface area contributed by atoms with Gasteiger partial charge in [-0.3, -0.25) is 13.9 Å². The Morgan fingerprint density at radius 1 is 1.03 bits per heavy atom. The maximum absolute atomic E-state index is 13.4. The van der Waals surface area contributed by atoms with Crippen molar-refractivity contribution in [2.45, 2.75) is 72.5 Å². The molecule has 0 aliphatic carbocycles. The van der Waals surface area contributed by atoms with E-state index in [9.17, 15) is 18.0 Å². The summed E-state index contributed by atoms with van der Waals surface area (Å²) in [6.07, 6.45) is 2.05. The zero-order valence-corrected chi connectivity index (χ0v) is 23.6. The average molecular weight is 536 g/mol. The van der Waals surface area contributed by atoms with Gasteiger partial charge in [-0.2, -0.15) is 0 Å². The summed E-state index contributed by atoms with van der Waals surface area (Å²) in [5, 5.41) is 3.50. The van der Waals surface area contributed by atoms with Crippen LogP contribution in [0.3, 0.4) is 0 Å². The highest BCUT2D eigenvalue weighted by Gasteiger charge is 2.29. The molecule has 0 aromatic heterocycles. The minimum Gasteiger partial charge on any atom is -0.352 e. The van der Waals surface area contributed by atoms with Crippen molar-refractivity contribution < 1.29 is 18.0 Å². The molecule has 0 saturated carbocycles. The number of hydrogen-bond acceptors (Lipinski definition) is 4. The van der Waals surface area contributed by atoms with Crippen molar-refractivity contribution in [2.24, 2.45) is 0 Å². The number of nitrogens with zero attached hydrogens (tertiary/aromatic N) is 2. The van der Waals surface area contributed by atoms with Gasteiger partial charge in [0.25, 0.3) is 0 Å². The van der Waals surface area contributed by atoms with Crippen LogP contribution < -0.4 is 9.62 Å². The third-order valence-corrected chi connectivity index (χ3v) is 7.46. The molecule has 7 nitrogen and oxygen atoms in total. The van der Waals surface area contributed by atoms with Gasteiger partial charge in [0.05, 0.1) is 11.9 Å². The zero-order chi connectivity index (χ0) is 27.0. The molecule has 0 bridgehead atoms. The summed E-state index contributed by atoms with van der Waals surface area (Å²) < 4.78 is 26.4. The van der Waals surface area contributed by atoms with Gasteiger partial charge in [-0.05, 0) is 81.5 Å². The van der Waals surface area contributed by atoms with Crippen molar-refractivity contribution in [2.75, 3.05) is 17.1 Å². The summed E-state index contributed by atoms with van der Waals surface area (Å²) in [4.78, 5) is 27.9. The van der Waals surface area contributed by atoms with Gasteiger partial charge in [0, 0.05) is 30.6 Å². The number of benzene rings is 2. The number of anilines is 1. The summed E-state index contributed by atoms with van der Waals surface area (Å²) in [6, 6.07) is 12.0. The molecule has 0 aliphatic heterocycles. The van der Waals surface area contributed by atoms with Gasteiger partial charge in [0.2, 0.25) is 21.8 Å². The first kappa shape index (κ1) is 29.6. The third-order valence-electron chi connectivity index (χ3n) is 6.01. The molecular formula is C27H38ClN3O4S. The second-order valence-electron chi connectivity index (χ2n) is 9.44. The molecule has 1 N–H and O–H groups in total. The third kappa shape index (κ3) is 8.52. The quantitative estimate of drug-likeness (QED) is 0.421. The number of halogens is 1. The van der Waals surface area contributed by atoms with Crippen LogP contribution in [0.2, 0.25) is 5.02 Å². The van der Waals surface area contributed by atoms with E-state index in [0.29, 0.717) is 23.6 Å². The Bertz CT molecular complexity index is 1150. The molecule has 0 saturated heterocycles. The lowest BCUT2D eigenvalue weighted by molar-refractivity contribution is -0.141. The lowest BCUT2D eigenvalue weighted by atomic mass is 10.1. The number of nitrogens with one attached hydrogen (secondary N) is 1. The summed E-state index contributed by atoms with van der Waals surface area (Å²) in [7, 11) is -3.53. The number of carbonyl (C=O) groups excluding carboxylic acids is 2. The molecule has 0 unspecified atom stereocenters. The molecule has 2 aromatic carbocycles. The minimum absolute atomic E-state index is 0.0553. The second-order valence-corrected chi connectivity index (χ2v) is 11.8. The first-order valence-electron chi connectivity index (χ1n) is 12.2. The number of rotatable bonds is 12. The van der Waals surface area contributed by atoms with E-state index in [1.165, 1.54) is 10.6 Å². The zero-order valence-electron chi connectivity index (χ0n) is 22.0. The molecule has 0 heterocycles. The van der Waals surface area contributed by atoms with Gasteiger partial charge in [-0.25, -0.2) is 8.42 Å². The number of hydrogen-bond donors (Lipinski definition) is 1. The molecule has 0 spiro atoms.